The molecular formula is C17H30ClN3. The van der Waals surface area contributed by atoms with E-state index in [1.165, 1.54) is 25.0 Å². The molecule has 0 aromatic carbocycles. The maximum absolute atomic E-state index is 6.59. The SMILES string of the molecule is CCc1nn(CC)c(CC2CC(C)CCC2CNC)c1Cl. The van der Waals surface area contributed by atoms with E-state index in [1.54, 1.807) is 0 Å². The Morgan fingerprint density at radius 3 is 2.67 bits per heavy atom. The van der Waals surface area contributed by atoms with Crippen LogP contribution in [0.5, 0.6) is 0 Å². The average Bonchev–Trinajstić information content (AvgIpc) is 2.78. The zero-order valence-corrected chi connectivity index (χ0v) is 14.7. The first-order valence-electron chi connectivity index (χ1n) is 8.49. The van der Waals surface area contributed by atoms with Crippen molar-refractivity contribution in [2.75, 3.05) is 13.6 Å². The Hall–Kier alpha value is -0.540. The highest BCUT2D eigenvalue weighted by Crippen LogP contribution is 2.37. The lowest BCUT2D eigenvalue weighted by molar-refractivity contribution is 0.183. The number of aromatic nitrogens is 2. The molecule has 1 aliphatic rings. The van der Waals surface area contributed by atoms with Crippen molar-refractivity contribution in [2.45, 2.75) is 59.4 Å². The van der Waals surface area contributed by atoms with Crippen LogP contribution < -0.4 is 5.32 Å². The number of nitrogens with one attached hydrogen (secondary N) is 1. The van der Waals surface area contributed by atoms with Gasteiger partial charge in [0.05, 0.1) is 16.4 Å². The molecular weight excluding hydrogens is 282 g/mol. The lowest BCUT2D eigenvalue weighted by atomic mass is 9.72. The fraction of sp³-hybridized carbons (Fsp3) is 0.824. The third-order valence-corrected chi connectivity index (χ3v) is 5.45. The van der Waals surface area contributed by atoms with Crippen LogP contribution in [0.15, 0.2) is 0 Å². The second-order valence-corrected chi connectivity index (χ2v) is 6.95. The highest BCUT2D eigenvalue weighted by Gasteiger charge is 2.30. The molecule has 1 N–H and O–H groups in total. The van der Waals surface area contributed by atoms with Gasteiger partial charge in [-0.25, -0.2) is 0 Å². The molecule has 0 aliphatic heterocycles. The molecule has 0 amide bonds. The largest absolute Gasteiger partial charge is 0.319 e. The van der Waals surface area contributed by atoms with Crippen LogP contribution in [0.3, 0.4) is 0 Å². The zero-order valence-electron chi connectivity index (χ0n) is 14.0. The van der Waals surface area contributed by atoms with Crippen LogP contribution in [-0.2, 0) is 19.4 Å². The van der Waals surface area contributed by atoms with Gasteiger partial charge in [-0.2, -0.15) is 5.10 Å². The first-order valence-corrected chi connectivity index (χ1v) is 8.87. The molecule has 0 radical (unpaired) electrons. The first-order chi connectivity index (χ1) is 10.1. The second kappa shape index (κ2) is 7.64. The quantitative estimate of drug-likeness (QED) is 0.862. The number of halogens is 1. The Kier molecular flexibility index (Phi) is 6.12. The van der Waals surface area contributed by atoms with Gasteiger partial charge in [-0.05, 0) is 64.0 Å². The van der Waals surface area contributed by atoms with Crippen molar-refractivity contribution in [3.05, 3.63) is 16.4 Å². The third-order valence-electron chi connectivity index (χ3n) is 5.02. The number of hydrogen-bond acceptors (Lipinski definition) is 2. The van der Waals surface area contributed by atoms with Crippen LogP contribution in [0.4, 0.5) is 0 Å². The molecule has 4 heteroatoms. The van der Waals surface area contributed by atoms with Crippen LogP contribution in [0, 0.1) is 17.8 Å². The molecule has 120 valence electrons. The fourth-order valence-electron chi connectivity index (χ4n) is 3.80. The number of hydrogen-bond donors (Lipinski definition) is 1. The minimum atomic E-state index is 0.727. The van der Waals surface area contributed by atoms with E-state index in [0.29, 0.717) is 0 Å². The van der Waals surface area contributed by atoms with Gasteiger partial charge in [0.25, 0.3) is 0 Å². The van der Waals surface area contributed by atoms with E-state index in [0.717, 1.165) is 54.4 Å². The van der Waals surface area contributed by atoms with Gasteiger partial charge < -0.3 is 5.32 Å². The summed E-state index contributed by atoms with van der Waals surface area (Å²) in [6.07, 6.45) is 6.02. The van der Waals surface area contributed by atoms with E-state index < -0.39 is 0 Å². The Labute approximate surface area is 134 Å². The van der Waals surface area contributed by atoms with E-state index in [9.17, 15) is 0 Å². The van der Waals surface area contributed by atoms with Gasteiger partial charge in [0.15, 0.2) is 0 Å². The van der Waals surface area contributed by atoms with Crippen molar-refractivity contribution in [1.82, 2.24) is 15.1 Å². The van der Waals surface area contributed by atoms with Crippen LogP contribution in [0.25, 0.3) is 0 Å². The van der Waals surface area contributed by atoms with Gasteiger partial charge in [-0.3, -0.25) is 4.68 Å². The van der Waals surface area contributed by atoms with Crippen molar-refractivity contribution in [3.63, 3.8) is 0 Å². The molecule has 1 saturated carbocycles. The van der Waals surface area contributed by atoms with Crippen LogP contribution >= 0.6 is 11.6 Å². The predicted octanol–water partition coefficient (Wildman–Crippen LogP) is 3.93. The topological polar surface area (TPSA) is 29.9 Å². The second-order valence-electron chi connectivity index (χ2n) is 6.58. The molecule has 1 fully saturated rings. The molecule has 3 nitrogen and oxygen atoms in total. The Morgan fingerprint density at radius 2 is 2.05 bits per heavy atom. The molecule has 0 spiro atoms. The van der Waals surface area contributed by atoms with Crippen molar-refractivity contribution in [2.24, 2.45) is 17.8 Å². The minimum Gasteiger partial charge on any atom is -0.319 e. The summed E-state index contributed by atoms with van der Waals surface area (Å²) in [5.41, 5.74) is 2.32. The summed E-state index contributed by atoms with van der Waals surface area (Å²) in [5.74, 6) is 2.34. The summed E-state index contributed by atoms with van der Waals surface area (Å²) in [6.45, 7) is 8.70. The average molecular weight is 312 g/mol. The highest BCUT2D eigenvalue weighted by atomic mass is 35.5. The Morgan fingerprint density at radius 1 is 1.29 bits per heavy atom. The lowest BCUT2D eigenvalue weighted by Gasteiger charge is -2.35. The molecule has 1 aromatic heterocycles. The van der Waals surface area contributed by atoms with E-state index in [1.807, 2.05) is 0 Å². The highest BCUT2D eigenvalue weighted by molar-refractivity contribution is 6.31. The molecule has 1 aliphatic carbocycles. The number of aryl methyl sites for hydroxylation is 2. The van der Waals surface area contributed by atoms with Crippen molar-refractivity contribution in [1.29, 1.82) is 0 Å². The summed E-state index contributed by atoms with van der Waals surface area (Å²) in [5, 5.41) is 8.96. The van der Waals surface area contributed by atoms with E-state index in [4.69, 9.17) is 11.6 Å². The molecule has 0 bridgehead atoms. The van der Waals surface area contributed by atoms with Crippen molar-refractivity contribution < 1.29 is 0 Å². The maximum atomic E-state index is 6.59. The van der Waals surface area contributed by atoms with Crippen LogP contribution in [0.1, 0.15) is 51.4 Å². The maximum Gasteiger partial charge on any atom is 0.0849 e. The summed E-state index contributed by atoms with van der Waals surface area (Å²) in [7, 11) is 2.06. The van der Waals surface area contributed by atoms with Crippen LogP contribution in [0.2, 0.25) is 5.02 Å². The summed E-state index contributed by atoms with van der Waals surface area (Å²) in [4.78, 5) is 0. The first kappa shape index (κ1) is 16.8. The molecule has 3 unspecified atom stereocenters. The lowest BCUT2D eigenvalue weighted by Crippen LogP contribution is -2.33. The van der Waals surface area contributed by atoms with Gasteiger partial charge in [0.2, 0.25) is 0 Å². The predicted molar refractivity (Wildman–Crippen MR) is 89.9 cm³/mol. The van der Waals surface area contributed by atoms with Crippen LogP contribution in [-0.4, -0.2) is 23.4 Å². The van der Waals surface area contributed by atoms with Gasteiger partial charge in [-0.1, -0.05) is 31.9 Å². The number of rotatable bonds is 6. The van der Waals surface area contributed by atoms with Gasteiger partial charge in [0, 0.05) is 6.54 Å². The minimum absolute atomic E-state index is 0.727. The summed E-state index contributed by atoms with van der Waals surface area (Å²) in [6, 6.07) is 0. The third kappa shape index (κ3) is 3.81. The van der Waals surface area contributed by atoms with Gasteiger partial charge in [-0.15, -0.1) is 0 Å². The van der Waals surface area contributed by atoms with E-state index in [2.05, 4.69) is 42.9 Å². The molecule has 2 rings (SSSR count). The monoisotopic (exact) mass is 311 g/mol. The van der Waals surface area contributed by atoms with E-state index >= 15 is 0 Å². The molecule has 3 atom stereocenters. The smallest absolute Gasteiger partial charge is 0.0849 e. The standard InChI is InChI=1S/C17H30ClN3/c1-5-15-17(18)16(21(6-2)20-15)10-14-9-12(3)7-8-13(14)11-19-4/h12-14,19H,5-11H2,1-4H3. The molecule has 21 heavy (non-hydrogen) atoms. The fourth-order valence-corrected chi connectivity index (χ4v) is 4.15. The Balaban J connectivity index is 2.19. The zero-order chi connectivity index (χ0) is 15.4. The molecule has 0 saturated heterocycles. The van der Waals surface area contributed by atoms with Crippen molar-refractivity contribution in [3.8, 4) is 0 Å². The van der Waals surface area contributed by atoms with Gasteiger partial charge in [0.1, 0.15) is 0 Å². The summed E-state index contributed by atoms with van der Waals surface area (Å²) < 4.78 is 2.12. The summed E-state index contributed by atoms with van der Waals surface area (Å²) >= 11 is 6.59. The molecule has 1 aromatic rings. The molecule has 1 heterocycles. The normalized spacial score (nSPS) is 26.2. The van der Waals surface area contributed by atoms with Gasteiger partial charge >= 0.3 is 0 Å². The van der Waals surface area contributed by atoms with E-state index in [-0.39, 0.29) is 0 Å². The Bertz CT molecular complexity index is 455. The van der Waals surface area contributed by atoms with Crippen molar-refractivity contribution >= 4 is 11.6 Å². The number of nitrogens with zero attached hydrogens (tertiary/aromatic N) is 2.